The van der Waals surface area contributed by atoms with Gasteiger partial charge in [-0.3, -0.25) is 19.5 Å². The molecule has 9 nitrogen and oxygen atoms in total. The molecular formula is C28H30N6O3S. The van der Waals surface area contributed by atoms with E-state index in [1.54, 1.807) is 22.2 Å². The van der Waals surface area contributed by atoms with Crippen LogP contribution in [0.25, 0.3) is 10.2 Å². The third-order valence-electron chi connectivity index (χ3n) is 7.74. The molecule has 38 heavy (non-hydrogen) atoms. The molecule has 10 heteroatoms. The zero-order valence-corrected chi connectivity index (χ0v) is 21.9. The summed E-state index contributed by atoms with van der Waals surface area (Å²) in [6.45, 7) is 4.65. The van der Waals surface area contributed by atoms with Crippen molar-refractivity contribution in [3.63, 3.8) is 0 Å². The Bertz CT molecular complexity index is 1430. The quantitative estimate of drug-likeness (QED) is 0.434. The van der Waals surface area contributed by atoms with Gasteiger partial charge in [0, 0.05) is 43.1 Å². The van der Waals surface area contributed by atoms with E-state index in [9.17, 15) is 14.4 Å². The molecule has 2 fully saturated rings. The molecule has 3 aliphatic rings. The predicted octanol–water partition coefficient (Wildman–Crippen LogP) is 5.33. The van der Waals surface area contributed by atoms with Crippen molar-refractivity contribution in [1.82, 2.24) is 20.2 Å². The maximum Gasteiger partial charge on any atom is 0.331 e. The molecule has 0 bridgehead atoms. The molecule has 3 aromatic rings. The van der Waals surface area contributed by atoms with Gasteiger partial charge in [0.25, 0.3) is 5.91 Å². The lowest BCUT2D eigenvalue weighted by atomic mass is 9.86. The number of thiophene rings is 1. The van der Waals surface area contributed by atoms with Crippen molar-refractivity contribution >= 4 is 56.5 Å². The minimum Gasteiger partial charge on any atom is -0.347 e. The Morgan fingerprint density at radius 3 is 2.74 bits per heavy atom. The van der Waals surface area contributed by atoms with E-state index >= 15 is 0 Å². The Morgan fingerprint density at radius 2 is 1.92 bits per heavy atom. The van der Waals surface area contributed by atoms with E-state index in [0.29, 0.717) is 40.1 Å². The smallest absolute Gasteiger partial charge is 0.331 e. The number of carbonyl (C=O) groups excluding carboxylic acids is 3. The van der Waals surface area contributed by atoms with Crippen LogP contribution < -0.4 is 15.5 Å². The fraction of sp³-hybridized carbons (Fsp3) is 0.393. The minimum atomic E-state index is -0.321. The summed E-state index contributed by atoms with van der Waals surface area (Å²) in [6.07, 6.45) is 12.3. The molecular weight excluding hydrogens is 500 g/mol. The lowest BCUT2D eigenvalue weighted by molar-refractivity contribution is -0.127. The first-order chi connectivity index (χ1) is 18.5. The average molecular weight is 531 g/mol. The van der Waals surface area contributed by atoms with Gasteiger partial charge in [0.05, 0.1) is 22.4 Å². The second-order valence-corrected chi connectivity index (χ2v) is 11.2. The van der Waals surface area contributed by atoms with Crippen molar-refractivity contribution in [2.45, 2.75) is 56.9 Å². The highest BCUT2D eigenvalue weighted by Gasteiger charge is 2.34. The van der Waals surface area contributed by atoms with Crippen molar-refractivity contribution in [2.75, 3.05) is 23.3 Å². The van der Waals surface area contributed by atoms with Gasteiger partial charge in [0.15, 0.2) is 0 Å². The summed E-state index contributed by atoms with van der Waals surface area (Å²) in [7, 11) is 0. The number of hydrogen-bond donors (Lipinski definition) is 2. The first-order valence-electron chi connectivity index (χ1n) is 13.2. The standard InChI is InChI=1S/C28H30N6O3S/c1-2-22(35)33-14-6-9-18(16-33)31-26(36)25-24-23-21(11-13-30-27(23)38-25)34(28(37)32-24)19-10-12-29-20(15-19)17-7-4-3-5-8-17/h2,10-13,15,17-18H,1,3-9,14,16H2,(H,31,36)(H,32,37). The van der Waals surface area contributed by atoms with Crippen LogP contribution in [0.15, 0.2) is 43.2 Å². The Balaban J connectivity index is 1.30. The number of piperidine rings is 1. The molecule has 1 unspecified atom stereocenters. The molecule has 3 aromatic heterocycles. The molecule has 0 spiro atoms. The molecule has 1 atom stereocenters. The van der Waals surface area contributed by atoms with Gasteiger partial charge in [-0.15, -0.1) is 11.3 Å². The van der Waals surface area contributed by atoms with Crippen LogP contribution in [0.1, 0.15) is 66.2 Å². The first-order valence-corrected chi connectivity index (χ1v) is 14.1. The number of anilines is 3. The summed E-state index contributed by atoms with van der Waals surface area (Å²) in [5, 5.41) is 6.80. The van der Waals surface area contributed by atoms with Crippen molar-refractivity contribution in [1.29, 1.82) is 0 Å². The van der Waals surface area contributed by atoms with Gasteiger partial charge in [0.1, 0.15) is 9.71 Å². The summed E-state index contributed by atoms with van der Waals surface area (Å²) in [5.74, 6) is 0.00691. The van der Waals surface area contributed by atoms with Gasteiger partial charge in [-0.05, 0) is 50.0 Å². The largest absolute Gasteiger partial charge is 0.347 e. The SMILES string of the molecule is C=CC(=O)N1CCCC(NC(=O)c2sc3nccc4c3c2NC(=O)N4c2ccnc(C3CCCCC3)c2)C1. The lowest BCUT2D eigenvalue weighted by Crippen LogP contribution is -2.49. The molecule has 0 aromatic carbocycles. The van der Waals surface area contributed by atoms with Crippen LogP contribution in [0.4, 0.5) is 21.9 Å². The normalized spacial score (nSPS) is 19.8. The number of urea groups is 1. The van der Waals surface area contributed by atoms with Gasteiger partial charge in [0.2, 0.25) is 5.91 Å². The number of pyridine rings is 2. The van der Waals surface area contributed by atoms with E-state index in [4.69, 9.17) is 0 Å². The Kier molecular flexibility index (Phi) is 6.57. The van der Waals surface area contributed by atoms with Crippen LogP contribution in [0.3, 0.4) is 0 Å². The monoisotopic (exact) mass is 530 g/mol. The van der Waals surface area contributed by atoms with Crippen LogP contribution in [-0.4, -0.2) is 51.8 Å². The number of rotatable bonds is 5. The summed E-state index contributed by atoms with van der Waals surface area (Å²) in [6, 6.07) is 5.20. The average Bonchev–Trinajstić information content (AvgIpc) is 3.33. The maximum absolute atomic E-state index is 13.5. The van der Waals surface area contributed by atoms with Crippen LogP contribution in [0.2, 0.25) is 0 Å². The second kappa shape index (κ2) is 10.2. The molecule has 196 valence electrons. The van der Waals surface area contributed by atoms with E-state index in [1.807, 2.05) is 18.2 Å². The molecule has 1 aliphatic carbocycles. The third kappa shape index (κ3) is 4.42. The number of amides is 4. The summed E-state index contributed by atoms with van der Waals surface area (Å²) in [5.41, 5.74) is 2.96. The minimum absolute atomic E-state index is 0.134. The molecule has 4 amide bonds. The number of likely N-dealkylation sites (tertiary alicyclic amines) is 1. The van der Waals surface area contributed by atoms with Gasteiger partial charge < -0.3 is 15.5 Å². The lowest BCUT2D eigenvalue weighted by Gasteiger charge is -2.32. The number of hydrogen-bond acceptors (Lipinski definition) is 6. The zero-order chi connectivity index (χ0) is 26.2. The van der Waals surface area contributed by atoms with E-state index in [-0.39, 0.29) is 23.9 Å². The predicted molar refractivity (Wildman–Crippen MR) is 148 cm³/mol. The van der Waals surface area contributed by atoms with Crippen molar-refractivity contribution in [3.05, 3.63) is 53.8 Å². The van der Waals surface area contributed by atoms with E-state index in [0.717, 1.165) is 42.5 Å². The van der Waals surface area contributed by atoms with E-state index in [2.05, 4.69) is 27.2 Å². The fourth-order valence-corrected chi connectivity index (χ4v) is 6.90. The highest BCUT2D eigenvalue weighted by molar-refractivity contribution is 7.21. The highest BCUT2D eigenvalue weighted by Crippen LogP contribution is 2.46. The summed E-state index contributed by atoms with van der Waals surface area (Å²) < 4.78 is 0. The summed E-state index contributed by atoms with van der Waals surface area (Å²) in [4.78, 5) is 52.5. The van der Waals surface area contributed by atoms with Gasteiger partial charge in [-0.1, -0.05) is 25.8 Å². The number of nitrogens with zero attached hydrogens (tertiary/aromatic N) is 4. The van der Waals surface area contributed by atoms with E-state index < -0.39 is 0 Å². The topological polar surface area (TPSA) is 108 Å². The Hall–Kier alpha value is -3.79. The third-order valence-corrected chi connectivity index (χ3v) is 8.84. The van der Waals surface area contributed by atoms with Gasteiger partial charge >= 0.3 is 6.03 Å². The molecule has 0 radical (unpaired) electrons. The molecule has 2 N–H and O–H groups in total. The van der Waals surface area contributed by atoms with Crippen molar-refractivity contribution < 1.29 is 14.4 Å². The number of nitrogens with one attached hydrogen (secondary N) is 2. The van der Waals surface area contributed by atoms with Crippen molar-refractivity contribution in [2.24, 2.45) is 0 Å². The van der Waals surface area contributed by atoms with Crippen LogP contribution >= 0.6 is 11.3 Å². The van der Waals surface area contributed by atoms with E-state index in [1.165, 1.54) is 36.7 Å². The molecule has 2 aliphatic heterocycles. The van der Waals surface area contributed by atoms with Crippen LogP contribution in [-0.2, 0) is 4.79 Å². The number of carbonyl (C=O) groups is 3. The zero-order valence-electron chi connectivity index (χ0n) is 21.1. The highest BCUT2D eigenvalue weighted by atomic mass is 32.1. The van der Waals surface area contributed by atoms with Crippen molar-refractivity contribution in [3.8, 4) is 0 Å². The van der Waals surface area contributed by atoms with Crippen LogP contribution in [0, 0.1) is 0 Å². The molecule has 1 saturated heterocycles. The number of aromatic nitrogens is 2. The molecule has 5 heterocycles. The van der Waals surface area contributed by atoms with Gasteiger partial charge in [-0.25, -0.2) is 9.78 Å². The molecule has 6 rings (SSSR count). The molecule has 1 saturated carbocycles. The fourth-order valence-electron chi connectivity index (χ4n) is 5.87. The Morgan fingerprint density at radius 1 is 1.11 bits per heavy atom. The summed E-state index contributed by atoms with van der Waals surface area (Å²) >= 11 is 1.26. The van der Waals surface area contributed by atoms with Gasteiger partial charge in [-0.2, -0.15) is 0 Å². The maximum atomic E-state index is 13.5. The van der Waals surface area contributed by atoms with Crippen LogP contribution in [0.5, 0.6) is 0 Å². The first kappa shape index (κ1) is 24.5. The Labute approximate surface area is 224 Å². The second-order valence-electron chi connectivity index (χ2n) is 10.2.